The molecule has 0 radical (unpaired) electrons. The summed E-state index contributed by atoms with van der Waals surface area (Å²) < 4.78 is 122. The number of primary amides is 1. The summed E-state index contributed by atoms with van der Waals surface area (Å²) in [7, 11) is 13.7. The zero-order valence-corrected chi connectivity index (χ0v) is 99.9. The van der Waals surface area contributed by atoms with E-state index in [1.165, 1.54) is 64.0 Å². The Kier molecular flexibility index (Phi) is 51.9. The minimum atomic E-state index is -4.05. The number of nitrogens with two attached hydrogens (primary N) is 1. The fourth-order valence-corrected chi connectivity index (χ4v) is 14.9. The van der Waals surface area contributed by atoms with Crippen LogP contribution in [-0.4, -0.2) is 141 Å². The number of nitrogens with one attached hydrogen (secondary N) is 2. The molecule has 0 saturated heterocycles. The molecule has 122 heavy (non-hydrogen) atoms. The predicted molar refractivity (Wildman–Crippen MR) is 543 cm³/mol. The Labute approximate surface area is 852 Å². The number of nitrogens with zero attached hydrogens (tertiary/aromatic N) is 13. The number of ether oxygens (including phenoxy) is 4. The molecule has 0 aliphatic heterocycles. The third-order valence-corrected chi connectivity index (χ3v) is 21.7. The number of anilines is 1. The van der Waals surface area contributed by atoms with Crippen LogP contribution in [0, 0.1) is 13.8 Å². The van der Waals surface area contributed by atoms with Crippen molar-refractivity contribution < 1.29 is 103 Å². The van der Waals surface area contributed by atoms with Crippen molar-refractivity contribution in [3.05, 3.63) is 129 Å². The normalized spacial score (nSPS) is 11.2. The van der Waals surface area contributed by atoms with E-state index in [1.807, 2.05) is 55.6 Å². The van der Waals surface area contributed by atoms with Crippen LogP contribution in [0.2, 0.25) is 0 Å². The molecule has 0 spiro atoms. The molecule has 7 heterocycles. The van der Waals surface area contributed by atoms with Crippen LogP contribution in [0.3, 0.4) is 0 Å². The van der Waals surface area contributed by atoms with E-state index in [0.29, 0.717) is 137 Å². The van der Waals surface area contributed by atoms with Crippen molar-refractivity contribution in [1.82, 2.24) is 69.0 Å². The van der Waals surface area contributed by atoms with Crippen LogP contribution in [0.15, 0.2) is 97.2 Å². The molecule has 52 heteroatoms. The van der Waals surface area contributed by atoms with E-state index in [4.69, 9.17) is 77.4 Å². The Hall–Kier alpha value is -0.161. The maximum atomic E-state index is 12.9. The molecule has 4 aromatic carbocycles. The third kappa shape index (κ3) is 33.8. The molecule has 0 aliphatic rings. The number of H-pyrrole nitrogens is 1. The number of hydrogen-bond donors (Lipinski definition) is 3. The first-order valence-corrected chi connectivity index (χ1v) is 92.6. The molecule has 0 atom stereocenters. The van der Waals surface area contributed by atoms with Gasteiger partial charge in [0.2, 0.25) is 0 Å². The predicted octanol–water partition coefficient (Wildman–Crippen LogP) is 13.9. The first-order chi connectivity index (χ1) is 57.3. The summed E-state index contributed by atoms with van der Waals surface area (Å²) in [4.78, 5) is 62.5. The van der Waals surface area contributed by atoms with Crippen molar-refractivity contribution in [3.63, 3.8) is 0 Å². The van der Waals surface area contributed by atoms with Crippen LogP contribution in [0.4, 0.5) is 5.69 Å². The number of aryl methyl sites for hydroxylation is 10. The number of fused-ring (bicyclic) bond motifs is 3. The van der Waals surface area contributed by atoms with Gasteiger partial charge in [-0.15, -0.1) is 0 Å². The molecule has 7 aromatic heterocycles. The van der Waals surface area contributed by atoms with Gasteiger partial charge in [-0.25, -0.2) is 58.6 Å². The number of halogens is 15. The van der Waals surface area contributed by atoms with Crippen LogP contribution in [0.25, 0.3) is 67.3 Å². The van der Waals surface area contributed by atoms with Crippen molar-refractivity contribution in [2.45, 2.75) is 140 Å². The van der Waals surface area contributed by atoms with Gasteiger partial charge in [-0.1, -0.05) is 53.4 Å². The average Bonchev–Trinajstić information content (AvgIpc) is 1.59. The van der Waals surface area contributed by atoms with Gasteiger partial charge >= 0.3 is 215 Å². The summed E-state index contributed by atoms with van der Waals surface area (Å²) in [5.41, 5.74) is 15.1. The summed E-state index contributed by atoms with van der Waals surface area (Å²) in [5, 5.41) is 20.3. The first-order valence-electron chi connectivity index (χ1n) is 35.7. The second-order valence-corrected chi connectivity index (χ2v) is 114. The van der Waals surface area contributed by atoms with E-state index in [-0.39, 0.29) is 65.2 Å². The number of carbonyl (C=O) groups excluding carboxylic acids is 2. The van der Waals surface area contributed by atoms with Crippen molar-refractivity contribution in [3.8, 4) is 57.2 Å². The summed E-state index contributed by atoms with van der Waals surface area (Å²) in [6.45, 7) is 20.6. The molecule has 0 fully saturated rings. The number of aromatic nitrogens is 14. The average molecular weight is 3160 g/mol. The Morgan fingerprint density at radius 1 is 0.484 bits per heavy atom. The summed E-state index contributed by atoms with van der Waals surface area (Å²) in [6.07, 6.45) is 6.21. The number of amides is 2. The first kappa shape index (κ1) is 114. The molecule has 0 unspecified atom stereocenters. The molecule has 31 nitrogen and oxygen atoms in total. The molecule has 0 saturated carbocycles. The van der Waals surface area contributed by atoms with E-state index in [0.717, 1.165) is 89.4 Å². The molecular formula is C70H82Cl4I11N16O15S4V2-2. The molecule has 0 aliphatic carbocycles. The number of carbonyl (C=O) groups is 2. The zero-order valence-electron chi connectivity index (χ0n) is 67.1. The monoisotopic (exact) mass is 3150 g/mol. The van der Waals surface area contributed by atoms with Gasteiger partial charge in [0.1, 0.15) is 62.1 Å². The van der Waals surface area contributed by atoms with E-state index in [1.54, 1.807) is 49.4 Å². The Balaban J connectivity index is 0.000000325. The van der Waals surface area contributed by atoms with Gasteiger partial charge in [-0.3, -0.25) is 33.1 Å². The molecular weight excluding hydrogens is 3070 g/mol. The standard InChI is InChI=1S/2C18H21ClN4O3S.C17H21ClN4O5S.C17H19ClN4O4S.2I3.5HI.2V/c2*1-5-7-14-16-17(23(4)22-14)11(3)20-18(21-16)13-10-12(27(19,24)25)8-9-15(13)26-6-2;1-4-6-12-14(15(16(19)23)22(3)21-12)20-17(24)11-9-10(28(18,25)26)7-8-13(11)27-5-2;1-4-6-12-14-15(22(3)21-12)17(23)20-16(19-14)11-9-10(27(18,24)25)7-8-13(11)26-5-2;2*1-3-2;;;;;;;/h2*8-10H,5-7H2,1-4H3;7-9H,4-6H2,1-3H3,(H2,19,23)(H,20,24);7-9H,4-6H2,1-3H3,(H,19,20,23);;;5*1H;;/q;;;;2*-1;;;;;;+2;+3/p-5. The van der Waals surface area contributed by atoms with Gasteiger partial charge in [0.15, 0.2) is 17.2 Å². The van der Waals surface area contributed by atoms with E-state index >= 15 is 0 Å². The molecule has 4 N–H and O–H groups in total. The summed E-state index contributed by atoms with van der Waals surface area (Å²) >= 11 is 22.7. The Morgan fingerprint density at radius 2 is 0.779 bits per heavy atom. The van der Waals surface area contributed by atoms with E-state index in [9.17, 15) is 48.1 Å². The van der Waals surface area contributed by atoms with Crippen molar-refractivity contribution in [2.24, 2.45) is 33.9 Å². The fraction of sp³-hybridized carbons (Fsp3) is 0.371. The molecule has 0 bridgehead atoms. The van der Waals surface area contributed by atoms with Crippen molar-refractivity contribution >= 4 is 304 Å². The van der Waals surface area contributed by atoms with Gasteiger partial charge < -0.3 is 35.0 Å². The van der Waals surface area contributed by atoms with Crippen LogP contribution in [-0.2, 0) is 104 Å². The second-order valence-electron chi connectivity index (χ2n) is 24.6. The van der Waals surface area contributed by atoms with E-state index < -0.39 is 48.0 Å². The van der Waals surface area contributed by atoms with Crippen LogP contribution in [0.1, 0.15) is 136 Å². The molecule has 11 aromatic rings. The van der Waals surface area contributed by atoms with Gasteiger partial charge in [-0.05, 0) is 140 Å². The fourth-order valence-electron chi connectivity index (χ4n) is 11.8. The SMILES string of the molecule is CCCc1nn(C)c(C(N)=O)c1NC(=O)c1cc(S(=O)(=O)Cl)ccc1OCC.CCCc1nn(C)c2c(=O)[nH]c(-c3cc(S(=O)(=O)Cl)ccc3OCC)nc12.CCCc1nn(C)c2c(C)nc(-c3cc(S(=O)(=O)Cl)ccc3OCC)nc12.CCCc1nn(C)c2c(C)nc(-c3cc(S(=O)(=O)Cl)ccc3OCC)nc12.I[I-]I.I[I-]I.[I][V]([I])[I].[I][V][I]. The van der Waals surface area contributed by atoms with Crippen molar-refractivity contribution in [1.29, 1.82) is 0 Å². The van der Waals surface area contributed by atoms with Crippen LogP contribution >= 0.6 is 217 Å². The van der Waals surface area contributed by atoms with Crippen LogP contribution < -0.4 is 62.1 Å². The Morgan fingerprint density at radius 3 is 1.11 bits per heavy atom. The summed E-state index contributed by atoms with van der Waals surface area (Å²) in [5.74, 6) is 1.10. The molecule has 2 amide bonds. The third-order valence-electron chi connectivity index (χ3n) is 16.3. The number of hydrogen-bond acceptors (Lipinski definition) is 24. The van der Waals surface area contributed by atoms with Crippen LogP contribution in [0.5, 0.6) is 23.0 Å². The zero-order chi connectivity index (χ0) is 92.1. The number of rotatable bonds is 26. The van der Waals surface area contributed by atoms with Gasteiger partial charge in [0, 0.05) is 70.9 Å². The van der Waals surface area contributed by atoms with Gasteiger partial charge in [0.05, 0.1) is 108 Å². The minimum absolute atomic E-state index is 0.0241. The van der Waals surface area contributed by atoms with E-state index in [2.05, 4.69) is 234 Å². The molecule has 11 rings (SSSR count). The second kappa shape index (κ2) is 55.5. The maximum absolute atomic E-state index is 12.9. The summed E-state index contributed by atoms with van der Waals surface area (Å²) in [6, 6.07) is 16.8. The van der Waals surface area contributed by atoms with Crippen molar-refractivity contribution in [2.75, 3.05) is 31.7 Å². The quantitative estimate of drug-likeness (QED) is 0.0335. The Bertz CT molecular complexity index is 5810. The molecule has 673 valence electrons. The topological polar surface area (TPSA) is 414 Å². The number of benzene rings is 4. The van der Waals surface area contributed by atoms with Gasteiger partial charge in [-0.2, -0.15) is 20.4 Å². The van der Waals surface area contributed by atoms with Gasteiger partial charge in [0.25, 0.3) is 53.6 Å². The number of aromatic amines is 1.